The number of amides is 1. The molecule has 2 fully saturated rings. The highest BCUT2D eigenvalue weighted by molar-refractivity contribution is 5.90. The number of nitrogens with one attached hydrogen (secondary N) is 1. The van der Waals surface area contributed by atoms with Crippen LogP contribution in [-0.4, -0.2) is 15.9 Å². The van der Waals surface area contributed by atoms with E-state index in [1.165, 1.54) is 62.5 Å². The van der Waals surface area contributed by atoms with Gasteiger partial charge in [-0.1, -0.05) is 62.8 Å². The first-order valence-electron chi connectivity index (χ1n) is 12.1. The zero-order chi connectivity index (χ0) is 20.3. The Kier molecular flexibility index (Phi) is 5.83. The fourth-order valence-corrected chi connectivity index (χ4v) is 5.68. The van der Waals surface area contributed by atoms with Crippen molar-refractivity contribution in [1.29, 1.82) is 0 Å². The Morgan fingerprint density at radius 3 is 2.43 bits per heavy atom. The highest BCUT2D eigenvalue weighted by Crippen LogP contribution is 2.39. The van der Waals surface area contributed by atoms with Gasteiger partial charge in [0.2, 0.25) is 5.91 Å². The molecular weight excluding hydrogens is 370 g/mol. The van der Waals surface area contributed by atoms with Gasteiger partial charge in [0.1, 0.15) is 0 Å². The minimum absolute atomic E-state index is 0.129. The second-order valence-electron chi connectivity index (χ2n) is 9.50. The Hall–Kier alpha value is -2.23. The molecule has 0 bridgehead atoms. The van der Waals surface area contributed by atoms with Crippen molar-refractivity contribution in [1.82, 2.24) is 9.97 Å². The lowest BCUT2D eigenvalue weighted by atomic mass is 9.85. The van der Waals surface area contributed by atoms with Gasteiger partial charge in [0.05, 0.1) is 17.1 Å². The molecule has 0 spiro atoms. The molecule has 1 heterocycles. The summed E-state index contributed by atoms with van der Waals surface area (Å²) in [7, 11) is 0. The van der Waals surface area contributed by atoms with Crippen LogP contribution >= 0.6 is 0 Å². The largest absolute Gasteiger partial charge is 0.309 e. The fraction of sp³-hybridized carbons (Fsp3) is 0.577. The van der Waals surface area contributed by atoms with Crippen molar-refractivity contribution in [3.05, 3.63) is 41.2 Å². The third-order valence-corrected chi connectivity index (χ3v) is 7.35. The standard InChI is InChI=1S/C26H33N3O/c30-23(17-18-9-3-1-4-10-18)28-26-24(20-12-5-2-6-13-20)29-25-21-14-8-7-11-19(21)15-16-22(25)27-26/h7-8,11,14,18,20H,1-6,9-10,12-13,15-17H2,(H,27,28,30). The topological polar surface area (TPSA) is 54.9 Å². The van der Waals surface area contributed by atoms with Gasteiger partial charge in [0.15, 0.2) is 5.82 Å². The van der Waals surface area contributed by atoms with E-state index in [0.29, 0.717) is 18.3 Å². The molecule has 0 radical (unpaired) electrons. The maximum atomic E-state index is 12.9. The van der Waals surface area contributed by atoms with Gasteiger partial charge in [0, 0.05) is 17.9 Å². The van der Waals surface area contributed by atoms with Crippen molar-refractivity contribution in [3.63, 3.8) is 0 Å². The summed E-state index contributed by atoms with van der Waals surface area (Å²) in [5, 5.41) is 3.22. The van der Waals surface area contributed by atoms with Gasteiger partial charge < -0.3 is 5.32 Å². The number of rotatable bonds is 4. The molecule has 1 aromatic heterocycles. The smallest absolute Gasteiger partial charge is 0.225 e. The monoisotopic (exact) mass is 403 g/mol. The van der Waals surface area contributed by atoms with E-state index >= 15 is 0 Å². The Labute approximate surface area is 179 Å². The molecule has 5 rings (SSSR count). The van der Waals surface area contributed by atoms with E-state index in [0.717, 1.165) is 48.6 Å². The minimum Gasteiger partial charge on any atom is -0.309 e. The second kappa shape index (κ2) is 8.87. The summed E-state index contributed by atoms with van der Waals surface area (Å²) in [6.45, 7) is 0. The molecule has 0 atom stereocenters. The van der Waals surface area contributed by atoms with Crippen molar-refractivity contribution >= 4 is 11.7 Å². The van der Waals surface area contributed by atoms with Crippen molar-refractivity contribution in [3.8, 4) is 11.3 Å². The molecule has 158 valence electrons. The predicted molar refractivity (Wildman–Crippen MR) is 121 cm³/mol. The molecule has 30 heavy (non-hydrogen) atoms. The summed E-state index contributed by atoms with van der Waals surface area (Å²) in [5.41, 5.74) is 5.71. The van der Waals surface area contributed by atoms with E-state index < -0.39 is 0 Å². The Bertz CT molecular complexity index is 910. The first kappa shape index (κ1) is 19.7. The number of anilines is 1. The van der Waals surface area contributed by atoms with Gasteiger partial charge in [-0.2, -0.15) is 0 Å². The summed E-state index contributed by atoms with van der Waals surface area (Å²) in [4.78, 5) is 23.1. The third kappa shape index (κ3) is 4.14. The number of hydrogen-bond acceptors (Lipinski definition) is 3. The van der Waals surface area contributed by atoms with Crippen molar-refractivity contribution in [2.45, 2.75) is 89.4 Å². The minimum atomic E-state index is 0.129. The van der Waals surface area contributed by atoms with E-state index in [9.17, 15) is 4.79 Å². The summed E-state index contributed by atoms with van der Waals surface area (Å²) in [6.07, 6.45) is 14.9. The molecule has 1 aromatic carbocycles. The van der Waals surface area contributed by atoms with E-state index in [1.807, 2.05) is 0 Å². The van der Waals surface area contributed by atoms with Crippen LogP contribution in [0.25, 0.3) is 11.3 Å². The van der Waals surface area contributed by atoms with E-state index in [-0.39, 0.29) is 5.91 Å². The highest BCUT2D eigenvalue weighted by atomic mass is 16.1. The van der Waals surface area contributed by atoms with Crippen molar-refractivity contribution in [2.75, 3.05) is 5.32 Å². The van der Waals surface area contributed by atoms with Crippen LogP contribution in [0.3, 0.4) is 0 Å². The zero-order valence-corrected chi connectivity index (χ0v) is 18.0. The van der Waals surface area contributed by atoms with E-state index in [4.69, 9.17) is 9.97 Å². The number of aromatic nitrogens is 2. The molecule has 2 saturated carbocycles. The predicted octanol–water partition coefficient (Wildman–Crippen LogP) is 6.20. The maximum absolute atomic E-state index is 12.9. The molecular formula is C26H33N3O. The fourth-order valence-electron chi connectivity index (χ4n) is 5.68. The SMILES string of the molecule is O=C(CC1CCCCC1)Nc1nc2c(nc1C1CCCCC1)-c1ccccc1CC2. The van der Waals surface area contributed by atoms with Crippen LogP contribution in [0.1, 0.15) is 93.5 Å². The number of benzene rings is 1. The highest BCUT2D eigenvalue weighted by Gasteiger charge is 2.27. The Morgan fingerprint density at radius 1 is 0.900 bits per heavy atom. The van der Waals surface area contributed by atoms with Gasteiger partial charge in [-0.3, -0.25) is 4.79 Å². The average Bonchev–Trinajstić information content (AvgIpc) is 2.79. The number of carbonyl (C=O) groups is 1. The van der Waals surface area contributed by atoms with Crippen LogP contribution < -0.4 is 5.32 Å². The quantitative estimate of drug-likeness (QED) is 0.661. The molecule has 2 aromatic rings. The van der Waals surface area contributed by atoms with Crippen LogP contribution in [-0.2, 0) is 17.6 Å². The number of nitrogens with zero attached hydrogens (tertiary/aromatic N) is 2. The molecule has 4 heteroatoms. The van der Waals surface area contributed by atoms with Gasteiger partial charge >= 0.3 is 0 Å². The van der Waals surface area contributed by atoms with Crippen molar-refractivity contribution in [2.24, 2.45) is 5.92 Å². The first-order valence-corrected chi connectivity index (χ1v) is 12.1. The number of hydrogen-bond donors (Lipinski definition) is 1. The van der Waals surface area contributed by atoms with Crippen molar-refractivity contribution < 1.29 is 4.79 Å². The lowest BCUT2D eigenvalue weighted by molar-refractivity contribution is -0.117. The maximum Gasteiger partial charge on any atom is 0.225 e. The van der Waals surface area contributed by atoms with Crippen LogP contribution in [0.2, 0.25) is 0 Å². The molecule has 0 unspecified atom stereocenters. The zero-order valence-electron chi connectivity index (χ0n) is 18.0. The van der Waals surface area contributed by atoms with Crippen LogP contribution in [0.15, 0.2) is 24.3 Å². The summed E-state index contributed by atoms with van der Waals surface area (Å²) >= 11 is 0. The van der Waals surface area contributed by atoms with Crippen LogP contribution in [0.5, 0.6) is 0 Å². The molecule has 4 nitrogen and oxygen atoms in total. The van der Waals surface area contributed by atoms with Crippen LogP contribution in [0, 0.1) is 5.92 Å². The van der Waals surface area contributed by atoms with E-state index in [1.54, 1.807) is 0 Å². The number of aryl methyl sites for hydroxylation is 2. The summed E-state index contributed by atoms with van der Waals surface area (Å²) < 4.78 is 0. The Morgan fingerprint density at radius 2 is 1.63 bits per heavy atom. The van der Waals surface area contributed by atoms with Gasteiger partial charge in [-0.15, -0.1) is 0 Å². The molecule has 0 saturated heterocycles. The third-order valence-electron chi connectivity index (χ3n) is 7.35. The summed E-state index contributed by atoms with van der Waals surface area (Å²) in [5.74, 6) is 1.83. The van der Waals surface area contributed by atoms with E-state index in [2.05, 4.69) is 29.6 Å². The molecule has 1 amide bonds. The molecule has 0 aliphatic heterocycles. The average molecular weight is 404 g/mol. The van der Waals surface area contributed by atoms with Gasteiger partial charge in [0.25, 0.3) is 0 Å². The molecule has 3 aliphatic rings. The molecule has 3 aliphatic carbocycles. The number of fused-ring (bicyclic) bond motifs is 3. The lowest BCUT2D eigenvalue weighted by Gasteiger charge is -2.27. The van der Waals surface area contributed by atoms with Crippen LogP contribution in [0.4, 0.5) is 5.82 Å². The number of carbonyl (C=O) groups excluding carboxylic acids is 1. The summed E-state index contributed by atoms with van der Waals surface area (Å²) in [6, 6.07) is 8.59. The first-order chi connectivity index (χ1) is 14.8. The Balaban J connectivity index is 1.46. The normalized spacial score (nSPS) is 19.7. The van der Waals surface area contributed by atoms with Gasteiger partial charge in [-0.05, 0) is 50.0 Å². The lowest BCUT2D eigenvalue weighted by Crippen LogP contribution is -2.22. The molecule has 1 N–H and O–H groups in total. The van der Waals surface area contributed by atoms with Gasteiger partial charge in [-0.25, -0.2) is 9.97 Å². The second-order valence-corrected chi connectivity index (χ2v) is 9.50.